The third-order valence-electron chi connectivity index (χ3n) is 18.4. The summed E-state index contributed by atoms with van der Waals surface area (Å²) in [6.45, 7) is 0. The number of ether oxygens (including phenoxy) is 1. The molecule has 78 heavy (non-hydrogen) atoms. The number of rotatable bonds is 3. The molecule has 18 rings (SSSR count). The molecule has 0 saturated carbocycles. The zero-order valence-corrected chi connectivity index (χ0v) is 43.1. The molecule has 6 aliphatic rings. The molecule has 362 valence electrons. The molecule has 3 heteroatoms. The molecule has 12 aromatic rings. The van der Waals surface area contributed by atoms with Crippen molar-refractivity contribution in [3.8, 4) is 56.0 Å². The van der Waals surface area contributed by atoms with Crippen LogP contribution in [0.2, 0.25) is 0 Å². The first kappa shape index (κ1) is 42.8. The van der Waals surface area contributed by atoms with Gasteiger partial charge in [-0.25, -0.2) is 0 Å². The number of hydrogen-bond acceptors (Lipinski definition) is 3. The van der Waals surface area contributed by atoms with Gasteiger partial charge < -0.3 is 9.64 Å². The molecule has 0 fully saturated rings. The molecule has 0 aromatic heterocycles. The first-order chi connectivity index (χ1) is 38.7. The van der Waals surface area contributed by atoms with Crippen LogP contribution in [0.4, 0.5) is 17.1 Å². The Morgan fingerprint density at radius 3 is 1.06 bits per heavy atom. The van der Waals surface area contributed by atoms with Crippen molar-refractivity contribution in [3.63, 3.8) is 0 Å². The predicted octanol–water partition coefficient (Wildman–Crippen LogP) is 18.8. The normalized spacial score (nSPS) is 15.3. The Morgan fingerprint density at radius 2 is 0.590 bits per heavy atom. The van der Waals surface area contributed by atoms with Crippen molar-refractivity contribution in [2.75, 3.05) is 4.90 Å². The van der Waals surface area contributed by atoms with E-state index in [4.69, 9.17) is 4.74 Å². The molecule has 0 bridgehead atoms. The minimum Gasteiger partial charge on any atom is -0.457 e. The van der Waals surface area contributed by atoms with Gasteiger partial charge in [0.25, 0.3) is 0 Å². The van der Waals surface area contributed by atoms with Crippen LogP contribution in [0.3, 0.4) is 0 Å². The molecular weight excluding hydrogens is 963 g/mol. The SMILES string of the molecule is c1ccc2c(c1)Oc1ccccc1C21c2ccccc2-c2c(N(c3ccc4c(c3)C3(c5ccccc5Sc5ccccc53)c3ccccc3-4)c3cccc4c3-c3ccccc3C43c4ccccc4-c4ccccc43)cccc21. The Kier molecular flexibility index (Phi) is 8.43. The maximum atomic E-state index is 6.85. The summed E-state index contributed by atoms with van der Waals surface area (Å²) < 4.78 is 6.85. The van der Waals surface area contributed by atoms with Gasteiger partial charge in [-0.2, -0.15) is 0 Å². The summed E-state index contributed by atoms with van der Waals surface area (Å²) in [7, 11) is 0. The Balaban J connectivity index is 0.982. The zero-order valence-electron chi connectivity index (χ0n) is 42.2. The Morgan fingerprint density at radius 1 is 0.256 bits per heavy atom. The van der Waals surface area contributed by atoms with E-state index in [1.54, 1.807) is 0 Å². The maximum Gasteiger partial charge on any atom is 0.132 e. The third-order valence-corrected chi connectivity index (χ3v) is 19.6. The number of anilines is 3. The molecule has 0 atom stereocenters. The van der Waals surface area contributed by atoms with Crippen molar-refractivity contribution in [2.24, 2.45) is 0 Å². The number of hydrogen-bond donors (Lipinski definition) is 0. The summed E-state index contributed by atoms with van der Waals surface area (Å²) in [5.41, 5.74) is 27.1. The van der Waals surface area contributed by atoms with E-state index in [1.807, 2.05) is 11.8 Å². The van der Waals surface area contributed by atoms with Crippen molar-refractivity contribution >= 4 is 28.8 Å². The van der Waals surface area contributed by atoms with E-state index < -0.39 is 16.2 Å². The molecule has 2 nitrogen and oxygen atoms in total. The van der Waals surface area contributed by atoms with Gasteiger partial charge in [0.05, 0.1) is 27.6 Å². The maximum absolute atomic E-state index is 6.85. The molecule has 3 spiro atoms. The summed E-state index contributed by atoms with van der Waals surface area (Å²) in [4.78, 5) is 5.24. The summed E-state index contributed by atoms with van der Waals surface area (Å²) in [6.07, 6.45) is 0. The van der Waals surface area contributed by atoms with Crippen LogP contribution in [0, 0.1) is 0 Å². The molecule has 4 aliphatic carbocycles. The second kappa shape index (κ2) is 15.4. The lowest BCUT2D eigenvalue weighted by molar-refractivity contribution is 0.436. The van der Waals surface area contributed by atoms with E-state index in [0.717, 1.165) is 39.7 Å². The average Bonchev–Trinajstić information content (AvgIpc) is 3.79. The van der Waals surface area contributed by atoms with Crippen LogP contribution in [0.1, 0.15) is 66.8 Å². The van der Waals surface area contributed by atoms with Crippen LogP contribution in [-0.2, 0) is 16.2 Å². The van der Waals surface area contributed by atoms with Crippen LogP contribution >= 0.6 is 11.8 Å². The fourth-order valence-corrected chi connectivity index (χ4v) is 17.0. The van der Waals surface area contributed by atoms with Gasteiger partial charge in [-0.1, -0.05) is 236 Å². The summed E-state index contributed by atoms with van der Waals surface area (Å²) in [5.74, 6) is 1.77. The van der Waals surface area contributed by atoms with Crippen LogP contribution < -0.4 is 9.64 Å². The summed E-state index contributed by atoms with van der Waals surface area (Å²) >= 11 is 1.89. The summed E-state index contributed by atoms with van der Waals surface area (Å²) in [6, 6.07) is 103. The van der Waals surface area contributed by atoms with Gasteiger partial charge in [-0.15, -0.1) is 0 Å². The van der Waals surface area contributed by atoms with Crippen LogP contribution in [0.5, 0.6) is 11.5 Å². The highest BCUT2D eigenvalue weighted by atomic mass is 32.2. The van der Waals surface area contributed by atoms with Gasteiger partial charge in [-0.05, 0) is 138 Å². The Labute approximate surface area is 457 Å². The zero-order chi connectivity index (χ0) is 50.9. The molecule has 0 amide bonds. The molecule has 2 aliphatic heterocycles. The van der Waals surface area contributed by atoms with E-state index >= 15 is 0 Å². The fourth-order valence-electron chi connectivity index (χ4n) is 15.8. The van der Waals surface area contributed by atoms with Crippen LogP contribution in [0.25, 0.3) is 44.5 Å². The highest BCUT2D eigenvalue weighted by Crippen LogP contribution is 2.69. The molecule has 12 aromatic carbocycles. The molecule has 0 saturated heterocycles. The predicted molar refractivity (Wildman–Crippen MR) is 316 cm³/mol. The minimum atomic E-state index is -0.650. The van der Waals surface area contributed by atoms with Crippen molar-refractivity contribution in [3.05, 3.63) is 340 Å². The monoisotopic (exact) mass is 1010 g/mol. The lowest BCUT2D eigenvalue weighted by Gasteiger charge is -2.40. The third kappa shape index (κ3) is 5.03. The molecule has 0 N–H and O–H groups in total. The van der Waals surface area contributed by atoms with Crippen molar-refractivity contribution < 1.29 is 4.74 Å². The van der Waals surface area contributed by atoms with Crippen molar-refractivity contribution in [2.45, 2.75) is 26.0 Å². The Bertz CT molecular complexity index is 4480. The van der Waals surface area contributed by atoms with Crippen molar-refractivity contribution in [1.82, 2.24) is 0 Å². The number of para-hydroxylation sites is 2. The lowest BCUT2D eigenvalue weighted by atomic mass is 9.66. The lowest BCUT2D eigenvalue weighted by Crippen LogP contribution is -2.32. The van der Waals surface area contributed by atoms with E-state index in [9.17, 15) is 0 Å². The van der Waals surface area contributed by atoms with E-state index in [-0.39, 0.29) is 0 Å². The topological polar surface area (TPSA) is 12.5 Å². The first-order valence-corrected chi connectivity index (χ1v) is 28.0. The van der Waals surface area contributed by atoms with Gasteiger partial charge in [0.15, 0.2) is 0 Å². The van der Waals surface area contributed by atoms with E-state index in [0.29, 0.717) is 0 Å². The van der Waals surface area contributed by atoms with Gasteiger partial charge in [0.2, 0.25) is 0 Å². The standard InChI is InChI=1S/C75H45NOS/c1-6-26-53-47(21-1)48-22-2-7-27-54(48)73(53)56-29-9-4-24-51(56)71-62(73)35-19-37-65(71)76(46-43-44-50-49-23-3-8-28-55(49)75(64(50)45-46)60-33-13-17-41-69(60)78-70-42-18-14-34-61(70)75)66-38-20-36-63-72(66)52-25-5-10-30-57(52)74(63)58-31-11-15-39-67(58)77-68-40-16-12-32-59(68)74/h1-45H. The number of fused-ring (bicyclic) bond motifs is 28. The molecule has 2 heterocycles. The first-order valence-electron chi connectivity index (χ1n) is 27.2. The van der Waals surface area contributed by atoms with Gasteiger partial charge in [0.1, 0.15) is 11.5 Å². The molecule has 0 unspecified atom stereocenters. The van der Waals surface area contributed by atoms with Crippen molar-refractivity contribution in [1.29, 1.82) is 0 Å². The van der Waals surface area contributed by atoms with Gasteiger partial charge in [0, 0.05) is 37.7 Å². The van der Waals surface area contributed by atoms with Gasteiger partial charge in [-0.3, -0.25) is 0 Å². The van der Waals surface area contributed by atoms with E-state index in [1.165, 1.54) is 110 Å². The fraction of sp³-hybridized carbons (Fsp3) is 0.0400. The summed E-state index contributed by atoms with van der Waals surface area (Å²) in [5, 5.41) is 0. The largest absolute Gasteiger partial charge is 0.457 e. The molecular formula is C75H45NOS. The minimum absolute atomic E-state index is 0.525. The molecule has 0 radical (unpaired) electrons. The average molecular weight is 1010 g/mol. The quantitative estimate of drug-likeness (QED) is 0.175. The number of benzene rings is 12. The highest BCUT2D eigenvalue weighted by molar-refractivity contribution is 7.99. The smallest absolute Gasteiger partial charge is 0.132 e. The van der Waals surface area contributed by atoms with Crippen LogP contribution in [0.15, 0.2) is 283 Å². The Hall–Kier alpha value is -9.41. The van der Waals surface area contributed by atoms with Crippen LogP contribution in [-0.4, -0.2) is 0 Å². The van der Waals surface area contributed by atoms with E-state index in [2.05, 4.69) is 278 Å². The second-order valence-electron chi connectivity index (χ2n) is 21.6. The number of nitrogens with zero attached hydrogens (tertiary/aromatic N) is 1. The van der Waals surface area contributed by atoms with Gasteiger partial charge >= 0.3 is 0 Å². The highest BCUT2D eigenvalue weighted by Gasteiger charge is 2.55. The second-order valence-corrected chi connectivity index (χ2v) is 22.7.